The standard InChI is InChI=1S/C20H16N4O3S2/c1-3-28-20-23-22-19(29-20)21-16(25)12-8-9-13-14(10-12)18(27)24(17(13)26)15-7-5-4-6-11(15)2/h4-10H,3H2,1-2H3,(H,21,22,25). The fourth-order valence-electron chi connectivity index (χ4n) is 3.03. The van der Waals surface area contributed by atoms with E-state index in [0.29, 0.717) is 10.8 Å². The van der Waals surface area contributed by atoms with E-state index < -0.39 is 17.7 Å². The third kappa shape index (κ3) is 3.54. The number of fused-ring (bicyclic) bond motifs is 1. The lowest BCUT2D eigenvalue weighted by atomic mass is 10.1. The Morgan fingerprint density at radius 3 is 2.62 bits per heavy atom. The molecule has 0 radical (unpaired) electrons. The molecule has 1 N–H and O–H groups in total. The lowest BCUT2D eigenvalue weighted by Gasteiger charge is -2.16. The molecule has 0 atom stereocenters. The van der Waals surface area contributed by atoms with Gasteiger partial charge < -0.3 is 0 Å². The lowest BCUT2D eigenvalue weighted by Crippen LogP contribution is -2.29. The van der Waals surface area contributed by atoms with Gasteiger partial charge in [0.2, 0.25) is 5.13 Å². The Morgan fingerprint density at radius 1 is 1.10 bits per heavy atom. The van der Waals surface area contributed by atoms with Crippen LogP contribution in [0.2, 0.25) is 0 Å². The number of nitrogens with zero attached hydrogens (tertiary/aromatic N) is 3. The molecule has 3 aromatic rings. The molecule has 2 heterocycles. The zero-order valence-corrected chi connectivity index (χ0v) is 17.3. The van der Waals surface area contributed by atoms with E-state index in [2.05, 4.69) is 15.5 Å². The lowest BCUT2D eigenvalue weighted by molar-refractivity contribution is 0.0925. The molecule has 0 spiro atoms. The van der Waals surface area contributed by atoms with Crippen LogP contribution in [0.3, 0.4) is 0 Å². The number of hydrogen-bond donors (Lipinski definition) is 1. The summed E-state index contributed by atoms with van der Waals surface area (Å²) in [5.41, 5.74) is 2.13. The fourth-order valence-corrected chi connectivity index (χ4v) is 4.67. The van der Waals surface area contributed by atoms with E-state index in [4.69, 9.17) is 0 Å². The third-order valence-electron chi connectivity index (χ3n) is 4.40. The van der Waals surface area contributed by atoms with Crippen LogP contribution in [0.5, 0.6) is 0 Å². The van der Waals surface area contributed by atoms with Gasteiger partial charge in [-0.2, -0.15) is 0 Å². The molecule has 29 heavy (non-hydrogen) atoms. The minimum absolute atomic E-state index is 0.213. The molecule has 3 amide bonds. The molecule has 1 aromatic heterocycles. The Balaban J connectivity index is 1.60. The topological polar surface area (TPSA) is 92.3 Å². The number of benzene rings is 2. The molecule has 2 aromatic carbocycles. The first kappa shape index (κ1) is 19.3. The van der Waals surface area contributed by atoms with E-state index in [1.807, 2.05) is 26.0 Å². The Bertz CT molecular complexity index is 1140. The summed E-state index contributed by atoms with van der Waals surface area (Å²) < 4.78 is 0.770. The number of aryl methyl sites for hydroxylation is 1. The van der Waals surface area contributed by atoms with Crippen molar-refractivity contribution in [2.75, 3.05) is 16.0 Å². The smallest absolute Gasteiger partial charge is 0.266 e. The second-order valence-corrected chi connectivity index (χ2v) is 8.74. The van der Waals surface area contributed by atoms with Crippen LogP contribution in [-0.4, -0.2) is 33.7 Å². The second kappa shape index (κ2) is 7.76. The Kier molecular flexibility index (Phi) is 5.16. The second-order valence-electron chi connectivity index (χ2n) is 6.25. The molecule has 146 valence electrons. The summed E-state index contributed by atoms with van der Waals surface area (Å²) in [4.78, 5) is 39.4. The first-order valence-corrected chi connectivity index (χ1v) is 10.7. The molecule has 1 aliphatic rings. The molecule has 0 saturated heterocycles. The first-order valence-electron chi connectivity index (χ1n) is 8.85. The maximum absolute atomic E-state index is 12.9. The molecule has 7 nitrogen and oxygen atoms in total. The van der Waals surface area contributed by atoms with Gasteiger partial charge in [0.25, 0.3) is 17.7 Å². The van der Waals surface area contributed by atoms with E-state index in [9.17, 15) is 14.4 Å². The van der Waals surface area contributed by atoms with Gasteiger partial charge in [-0.05, 0) is 42.5 Å². The van der Waals surface area contributed by atoms with Crippen molar-refractivity contribution in [3.05, 3.63) is 64.7 Å². The van der Waals surface area contributed by atoms with Gasteiger partial charge in [-0.3, -0.25) is 19.7 Å². The summed E-state index contributed by atoms with van der Waals surface area (Å²) in [7, 11) is 0. The number of aromatic nitrogens is 2. The number of para-hydroxylation sites is 1. The SMILES string of the molecule is CCSc1nnc(NC(=O)c2ccc3c(c2)C(=O)N(c2ccccc2C)C3=O)s1. The van der Waals surface area contributed by atoms with E-state index in [-0.39, 0.29) is 16.7 Å². The Labute approximate surface area is 175 Å². The Morgan fingerprint density at radius 2 is 1.86 bits per heavy atom. The van der Waals surface area contributed by atoms with Gasteiger partial charge in [0.15, 0.2) is 4.34 Å². The summed E-state index contributed by atoms with van der Waals surface area (Å²) in [5.74, 6) is -0.379. The van der Waals surface area contributed by atoms with Gasteiger partial charge in [-0.1, -0.05) is 48.2 Å². The summed E-state index contributed by atoms with van der Waals surface area (Å²) >= 11 is 2.83. The number of hydrogen-bond acceptors (Lipinski definition) is 7. The van der Waals surface area contributed by atoms with Gasteiger partial charge in [0, 0.05) is 5.56 Å². The quantitative estimate of drug-likeness (QED) is 0.378. The van der Waals surface area contributed by atoms with Crippen LogP contribution in [0.15, 0.2) is 46.8 Å². The van der Waals surface area contributed by atoms with Crippen molar-refractivity contribution in [3.8, 4) is 0 Å². The predicted octanol–water partition coefficient (Wildman–Crippen LogP) is 4.01. The van der Waals surface area contributed by atoms with Gasteiger partial charge >= 0.3 is 0 Å². The van der Waals surface area contributed by atoms with Crippen LogP contribution in [0, 0.1) is 6.92 Å². The molecule has 0 aliphatic carbocycles. The average molecular weight is 425 g/mol. The minimum atomic E-state index is -0.438. The van der Waals surface area contributed by atoms with E-state index in [1.165, 1.54) is 29.5 Å². The predicted molar refractivity (Wildman–Crippen MR) is 113 cm³/mol. The summed E-state index contributed by atoms with van der Waals surface area (Å²) in [6.45, 7) is 3.85. The molecule has 0 fully saturated rings. The summed E-state index contributed by atoms with van der Waals surface area (Å²) in [6, 6.07) is 11.7. The van der Waals surface area contributed by atoms with E-state index in [1.54, 1.807) is 23.9 Å². The van der Waals surface area contributed by atoms with Crippen LogP contribution < -0.4 is 10.2 Å². The van der Waals surface area contributed by atoms with Crippen LogP contribution in [-0.2, 0) is 0 Å². The zero-order chi connectivity index (χ0) is 20.5. The van der Waals surface area contributed by atoms with Crippen LogP contribution in [0.4, 0.5) is 10.8 Å². The largest absolute Gasteiger partial charge is 0.296 e. The van der Waals surface area contributed by atoms with Crippen molar-refractivity contribution in [2.24, 2.45) is 0 Å². The highest BCUT2D eigenvalue weighted by atomic mass is 32.2. The molecular formula is C20H16N4O3S2. The van der Waals surface area contributed by atoms with E-state index >= 15 is 0 Å². The normalized spacial score (nSPS) is 13.0. The van der Waals surface area contributed by atoms with Gasteiger partial charge in [-0.15, -0.1) is 10.2 Å². The van der Waals surface area contributed by atoms with Crippen LogP contribution >= 0.6 is 23.1 Å². The highest BCUT2D eigenvalue weighted by Crippen LogP contribution is 2.31. The maximum atomic E-state index is 12.9. The van der Waals surface area contributed by atoms with Crippen molar-refractivity contribution in [3.63, 3.8) is 0 Å². The van der Waals surface area contributed by atoms with Gasteiger partial charge in [0.05, 0.1) is 16.8 Å². The summed E-state index contributed by atoms with van der Waals surface area (Å²) in [5, 5.41) is 11.0. The highest BCUT2D eigenvalue weighted by Gasteiger charge is 2.37. The van der Waals surface area contributed by atoms with Crippen molar-refractivity contribution in [1.29, 1.82) is 0 Å². The number of nitrogens with one attached hydrogen (secondary N) is 1. The number of carbonyl (C=O) groups is 3. The number of amides is 3. The number of thioether (sulfide) groups is 1. The van der Waals surface area contributed by atoms with Crippen molar-refractivity contribution in [2.45, 2.75) is 18.2 Å². The molecule has 9 heteroatoms. The third-order valence-corrected chi connectivity index (χ3v) is 6.25. The maximum Gasteiger partial charge on any atom is 0.266 e. The molecule has 4 rings (SSSR count). The van der Waals surface area contributed by atoms with Gasteiger partial charge in [-0.25, -0.2) is 4.90 Å². The van der Waals surface area contributed by atoms with Crippen molar-refractivity contribution < 1.29 is 14.4 Å². The number of anilines is 2. The molecule has 0 bridgehead atoms. The number of imide groups is 1. The average Bonchev–Trinajstić information content (AvgIpc) is 3.25. The van der Waals surface area contributed by atoms with E-state index in [0.717, 1.165) is 20.6 Å². The first-order chi connectivity index (χ1) is 14.0. The zero-order valence-electron chi connectivity index (χ0n) is 15.6. The van der Waals surface area contributed by atoms with Crippen molar-refractivity contribution >= 4 is 51.6 Å². The number of rotatable bonds is 5. The molecule has 0 unspecified atom stereocenters. The van der Waals surface area contributed by atoms with Crippen molar-refractivity contribution in [1.82, 2.24) is 10.2 Å². The molecule has 1 aliphatic heterocycles. The Hall–Kier alpha value is -3.04. The molecule has 0 saturated carbocycles. The van der Waals surface area contributed by atoms with Crippen LogP contribution in [0.25, 0.3) is 0 Å². The van der Waals surface area contributed by atoms with Gasteiger partial charge in [0.1, 0.15) is 0 Å². The van der Waals surface area contributed by atoms with Crippen LogP contribution in [0.1, 0.15) is 43.6 Å². The minimum Gasteiger partial charge on any atom is -0.296 e. The monoisotopic (exact) mass is 424 g/mol. The fraction of sp³-hybridized carbons (Fsp3) is 0.150. The molecular weight excluding hydrogens is 408 g/mol. The highest BCUT2D eigenvalue weighted by molar-refractivity contribution is 8.01. The number of carbonyl (C=O) groups excluding carboxylic acids is 3. The summed E-state index contributed by atoms with van der Waals surface area (Å²) in [6.07, 6.45) is 0.